The molecule has 1 aliphatic rings. The van der Waals surface area contributed by atoms with Gasteiger partial charge in [0.1, 0.15) is 0 Å². The smallest absolute Gasteiger partial charge is 0.256 e. The molecule has 0 spiro atoms. The third-order valence-electron chi connectivity index (χ3n) is 4.19. The topological polar surface area (TPSA) is 66.5 Å². The summed E-state index contributed by atoms with van der Waals surface area (Å²) in [7, 11) is -3.51. The fourth-order valence-corrected chi connectivity index (χ4v) is 4.92. The van der Waals surface area contributed by atoms with Crippen LogP contribution in [0.15, 0.2) is 39.9 Å². The Kier molecular flexibility index (Phi) is 5.03. The van der Waals surface area contributed by atoms with Crippen LogP contribution in [0.1, 0.15) is 35.2 Å². The second kappa shape index (κ2) is 7.04. The molecule has 1 N–H and O–H groups in total. The van der Waals surface area contributed by atoms with E-state index < -0.39 is 10.0 Å². The van der Waals surface area contributed by atoms with Crippen LogP contribution in [0, 0.1) is 6.92 Å². The molecule has 5 nitrogen and oxygen atoms in total. The first-order valence-corrected chi connectivity index (χ1v) is 10.3. The summed E-state index contributed by atoms with van der Waals surface area (Å²) in [5.74, 6) is -0.230. The number of anilines is 1. The van der Waals surface area contributed by atoms with E-state index in [0.717, 1.165) is 24.8 Å². The highest BCUT2D eigenvalue weighted by molar-refractivity contribution is 7.89. The summed E-state index contributed by atoms with van der Waals surface area (Å²) in [6.45, 7) is 2.97. The van der Waals surface area contributed by atoms with E-state index in [4.69, 9.17) is 0 Å². The fourth-order valence-electron chi connectivity index (χ4n) is 2.74. The third kappa shape index (κ3) is 3.53. The number of sulfonamides is 1. The van der Waals surface area contributed by atoms with Crippen LogP contribution >= 0.6 is 11.3 Å². The zero-order chi connectivity index (χ0) is 17.2. The van der Waals surface area contributed by atoms with E-state index in [0.29, 0.717) is 24.3 Å². The molecule has 0 bridgehead atoms. The number of carbonyl (C=O) groups is 1. The highest BCUT2D eigenvalue weighted by atomic mass is 32.2. The number of thiophene rings is 1. The van der Waals surface area contributed by atoms with E-state index in [2.05, 4.69) is 5.32 Å². The van der Waals surface area contributed by atoms with Crippen molar-refractivity contribution in [1.82, 2.24) is 4.31 Å². The molecule has 1 amide bonds. The number of benzene rings is 1. The Balaban J connectivity index is 1.87. The Morgan fingerprint density at radius 1 is 1.17 bits per heavy atom. The Labute approximate surface area is 146 Å². The quantitative estimate of drug-likeness (QED) is 0.903. The van der Waals surface area contributed by atoms with Gasteiger partial charge in [-0.25, -0.2) is 8.42 Å². The summed E-state index contributed by atoms with van der Waals surface area (Å²) in [5.41, 5.74) is 1.93. The molecule has 0 radical (unpaired) electrons. The minimum atomic E-state index is -3.51. The zero-order valence-corrected chi connectivity index (χ0v) is 15.1. The van der Waals surface area contributed by atoms with Gasteiger partial charge in [0.05, 0.1) is 10.5 Å². The van der Waals surface area contributed by atoms with E-state index in [1.807, 2.05) is 12.3 Å². The molecule has 3 rings (SSSR count). The number of piperidine rings is 1. The maximum atomic E-state index is 12.8. The molecular weight excluding hydrogens is 344 g/mol. The Morgan fingerprint density at radius 2 is 1.92 bits per heavy atom. The van der Waals surface area contributed by atoms with Gasteiger partial charge in [-0.1, -0.05) is 12.5 Å². The maximum absolute atomic E-state index is 12.8. The lowest BCUT2D eigenvalue weighted by Gasteiger charge is -2.26. The van der Waals surface area contributed by atoms with Crippen LogP contribution in [0.3, 0.4) is 0 Å². The lowest BCUT2D eigenvalue weighted by atomic mass is 10.2. The first kappa shape index (κ1) is 17.1. The van der Waals surface area contributed by atoms with Crippen LogP contribution in [0.25, 0.3) is 0 Å². The fraction of sp³-hybridized carbons (Fsp3) is 0.353. The molecule has 7 heteroatoms. The number of nitrogens with one attached hydrogen (secondary N) is 1. The predicted molar refractivity (Wildman–Crippen MR) is 96.1 cm³/mol. The van der Waals surface area contributed by atoms with Crippen molar-refractivity contribution in [1.29, 1.82) is 0 Å². The summed E-state index contributed by atoms with van der Waals surface area (Å²) in [6, 6.07) is 6.65. The summed E-state index contributed by atoms with van der Waals surface area (Å²) >= 11 is 1.45. The van der Waals surface area contributed by atoms with Crippen molar-refractivity contribution in [2.45, 2.75) is 31.1 Å². The summed E-state index contributed by atoms with van der Waals surface area (Å²) in [4.78, 5) is 12.5. The van der Waals surface area contributed by atoms with Gasteiger partial charge in [0.15, 0.2) is 0 Å². The largest absolute Gasteiger partial charge is 0.322 e. The van der Waals surface area contributed by atoms with Gasteiger partial charge in [-0.15, -0.1) is 0 Å². The number of rotatable bonds is 4. The summed E-state index contributed by atoms with van der Waals surface area (Å²) < 4.78 is 27.1. The van der Waals surface area contributed by atoms with Gasteiger partial charge in [-0.3, -0.25) is 4.79 Å². The lowest BCUT2D eigenvalue weighted by molar-refractivity contribution is 0.102. The van der Waals surface area contributed by atoms with Crippen molar-refractivity contribution >= 4 is 33.0 Å². The van der Waals surface area contributed by atoms with Gasteiger partial charge in [0, 0.05) is 24.2 Å². The van der Waals surface area contributed by atoms with Crippen molar-refractivity contribution in [3.8, 4) is 0 Å². The minimum Gasteiger partial charge on any atom is -0.322 e. The number of nitrogens with zero attached hydrogens (tertiary/aromatic N) is 1. The molecule has 1 fully saturated rings. The highest BCUT2D eigenvalue weighted by Crippen LogP contribution is 2.25. The molecule has 0 unspecified atom stereocenters. The van der Waals surface area contributed by atoms with Crippen LogP contribution in [0.4, 0.5) is 5.69 Å². The average molecular weight is 364 g/mol. The van der Waals surface area contributed by atoms with Crippen LogP contribution in [0.5, 0.6) is 0 Å². The standard InChI is InChI=1S/C17H20N2O3S2/c1-13-5-6-15(24(21,22)19-8-3-2-4-9-19)11-16(13)18-17(20)14-7-10-23-12-14/h5-7,10-12H,2-4,8-9H2,1H3,(H,18,20). The molecule has 0 atom stereocenters. The van der Waals surface area contributed by atoms with Crippen molar-refractivity contribution in [2.24, 2.45) is 0 Å². The molecule has 24 heavy (non-hydrogen) atoms. The predicted octanol–water partition coefficient (Wildman–Crippen LogP) is 3.48. The molecule has 2 aromatic rings. The second-order valence-electron chi connectivity index (χ2n) is 5.91. The van der Waals surface area contributed by atoms with E-state index in [1.54, 1.807) is 29.6 Å². The SMILES string of the molecule is Cc1ccc(S(=O)(=O)N2CCCCC2)cc1NC(=O)c1ccsc1. The van der Waals surface area contributed by atoms with Crippen LogP contribution in [0.2, 0.25) is 0 Å². The third-order valence-corrected chi connectivity index (χ3v) is 6.77. The molecule has 0 saturated carbocycles. The monoisotopic (exact) mass is 364 g/mol. The van der Waals surface area contributed by atoms with Gasteiger partial charge >= 0.3 is 0 Å². The van der Waals surface area contributed by atoms with Crippen molar-refractivity contribution in [3.63, 3.8) is 0 Å². The number of aryl methyl sites for hydroxylation is 1. The highest BCUT2D eigenvalue weighted by Gasteiger charge is 2.26. The molecule has 0 aliphatic carbocycles. The number of hydrogen-bond donors (Lipinski definition) is 1. The molecule has 128 valence electrons. The van der Waals surface area contributed by atoms with Gasteiger partial charge in [-0.05, 0) is 48.9 Å². The summed E-state index contributed by atoms with van der Waals surface area (Å²) in [6.07, 6.45) is 2.86. The van der Waals surface area contributed by atoms with E-state index in [-0.39, 0.29) is 10.8 Å². The molecule has 1 aromatic carbocycles. The van der Waals surface area contributed by atoms with Crippen LogP contribution in [-0.4, -0.2) is 31.7 Å². The van der Waals surface area contributed by atoms with Crippen LogP contribution in [-0.2, 0) is 10.0 Å². The van der Waals surface area contributed by atoms with Gasteiger partial charge in [0.25, 0.3) is 5.91 Å². The molecule has 1 aromatic heterocycles. The Morgan fingerprint density at radius 3 is 2.58 bits per heavy atom. The molecule has 1 saturated heterocycles. The minimum absolute atomic E-state index is 0.230. The van der Waals surface area contributed by atoms with Gasteiger partial charge in [-0.2, -0.15) is 15.6 Å². The first-order valence-electron chi connectivity index (χ1n) is 7.93. The van der Waals surface area contributed by atoms with Crippen LogP contribution < -0.4 is 5.32 Å². The first-order chi connectivity index (χ1) is 11.5. The van der Waals surface area contributed by atoms with Gasteiger partial charge in [0.2, 0.25) is 10.0 Å². The van der Waals surface area contributed by atoms with Crippen molar-refractivity contribution in [3.05, 3.63) is 46.2 Å². The average Bonchev–Trinajstić information content (AvgIpc) is 3.12. The lowest BCUT2D eigenvalue weighted by Crippen LogP contribution is -2.35. The molecule has 1 aliphatic heterocycles. The normalized spacial score (nSPS) is 16.0. The Bertz CT molecular complexity index is 824. The molecular formula is C17H20N2O3S2. The zero-order valence-electron chi connectivity index (χ0n) is 13.5. The maximum Gasteiger partial charge on any atom is 0.256 e. The number of carbonyl (C=O) groups excluding carboxylic acids is 1. The molecule has 2 heterocycles. The summed E-state index contributed by atoms with van der Waals surface area (Å²) in [5, 5.41) is 6.41. The Hall–Kier alpha value is -1.70. The van der Waals surface area contributed by atoms with E-state index >= 15 is 0 Å². The van der Waals surface area contributed by atoms with E-state index in [9.17, 15) is 13.2 Å². The second-order valence-corrected chi connectivity index (χ2v) is 8.63. The van der Waals surface area contributed by atoms with Crippen molar-refractivity contribution < 1.29 is 13.2 Å². The number of amides is 1. The van der Waals surface area contributed by atoms with Crippen molar-refractivity contribution in [2.75, 3.05) is 18.4 Å². The van der Waals surface area contributed by atoms with Gasteiger partial charge < -0.3 is 5.32 Å². The van der Waals surface area contributed by atoms with E-state index in [1.165, 1.54) is 15.6 Å². The number of hydrogen-bond acceptors (Lipinski definition) is 4.